The van der Waals surface area contributed by atoms with E-state index >= 15 is 0 Å². The van der Waals surface area contributed by atoms with Crippen molar-refractivity contribution in [1.29, 1.82) is 0 Å². The summed E-state index contributed by atoms with van der Waals surface area (Å²) in [6.07, 6.45) is 2.56. The first-order valence-corrected chi connectivity index (χ1v) is 11.3. The highest BCUT2D eigenvalue weighted by Gasteiger charge is 2.28. The van der Waals surface area contributed by atoms with Gasteiger partial charge in [-0.3, -0.25) is 14.7 Å². The van der Waals surface area contributed by atoms with Crippen molar-refractivity contribution < 1.29 is 33.7 Å². The van der Waals surface area contributed by atoms with Crippen molar-refractivity contribution in [1.82, 2.24) is 9.88 Å². The SMILES string of the molecule is COCOc1cc2cccnc2cc1C(=O)c1ccc(C(=O)OC2CCCCCN2C(=O)O)cc1. The highest BCUT2D eigenvalue weighted by atomic mass is 16.7. The Kier molecular flexibility index (Phi) is 7.57. The first-order valence-electron chi connectivity index (χ1n) is 11.3. The van der Waals surface area contributed by atoms with Crippen molar-refractivity contribution in [2.24, 2.45) is 0 Å². The molecule has 1 atom stereocenters. The van der Waals surface area contributed by atoms with Crippen molar-refractivity contribution in [2.75, 3.05) is 20.4 Å². The van der Waals surface area contributed by atoms with Gasteiger partial charge in [-0.25, -0.2) is 9.59 Å². The van der Waals surface area contributed by atoms with Crippen LogP contribution in [-0.2, 0) is 9.47 Å². The molecule has 9 heteroatoms. The molecule has 1 N–H and O–H groups in total. The highest BCUT2D eigenvalue weighted by molar-refractivity contribution is 6.12. The van der Waals surface area contributed by atoms with E-state index in [9.17, 15) is 19.5 Å². The number of methoxy groups -OCH3 is 1. The van der Waals surface area contributed by atoms with E-state index in [1.54, 1.807) is 24.4 Å². The number of aromatic nitrogens is 1. The first kappa shape index (κ1) is 24.2. The smallest absolute Gasteiger partial charge is 0.410 e. The number of likely N-dealkylation sites (tertiary alicyclic amines) is 1. The monoisotopic (exact) mass is 478 g/mol. The van der Waals surface area contributed by atoms with E-state index in [0.717, 1.165) is 29.5 Å². The summed E-state index contributed by atoms with van der Waals surface area (Å²) in [5.74, 6) is -0.575. The number of carboxylic acid groups (broad SMARTS) is 1. The van der Waals surface area contributed by atoms with Gasteiger partial charge in [0.05, 0.1) is 16.6 Å². The van der Waals surface area contributed by atoms with E-state index in [4.69, 9.17) is 14.2 Å². The number of nitrogens with zero attached hydrogens (tertiary/aromatic N) is 2. The number of carbonyl (C=O) groups is 3. The highest BCUT2D eigenvalue weighted by Crippen LogP contribution is 2.28. The molecule has 1 unspecified atom stereocenters. The summed E-state index contributed by atoms with van der Waals surface area (Å²) in [6, 6.07) is 13.1. The second-order valence-electron chi connectivity index (χ2n) is 8.19. The van der Waals surface area contributed by atoms with Gasteiger partial charge in [0.2, 0.25) is 0 Å². The standard InChI is InChI=1S/C26H26N2O7/c1-33-16-34-22-14-19-6-5-12-27-21(19)15-20(22)24(29)17-8-10-18(11-9-17)25(30)35-23-7-3-2-4-13-28(23)26(31)32/h5-6,8-12,14-15,23H,2-4,7,13,16H2,1H3,(H,31,32). The molecule has 4 rings (SSSR count). The van der Waals surface area contributed by atoms with Gasteiger partial charge in [0.25, 0.3) is 0 Å². The molecule has 35 heavy (non-hydrogen) atoms. The molecule has 182 valence electrons. The van der Waals surface area contributed by atoms with Crippen LogP contribution in [-0.4, -0.2) is 59.5 Å². The minimum absolute atomic E-state index is 0.0225. The number of rotatable bonds is 7. The van der Waals surface area contributed by atoms with Crippen LogP contribution in [0.3, 0.4) is 0 Å². The Labute approximate surface area is 202 Å². The largest absolute Gasteiger partial charge is 0.467 e. The number of ketones is 1. The van der Waals surface area contributed by atoms with Gasteiger partial charge < -0.3 is 19.3 Å². The van der Waals surface area contributed by atoms with Gasteiger partial charge in [-0.2, -0.15) is 0 Å². The zero-order valence-corrected chi connectivity index (χ0v) is 19.3. The van der Waals surface area contributed by atoms with Crippen molar-refractivity contribution in [2.45, 2.75) is 31.9 Å². The van der Waals surface area contributed by atoms with Crippen LogP contribution in [0.2, 0.25) is 0 Å². The van der Waals surface area contributed by atoms with E-state index in [1.807, 2.05) is 6.07 Å². The molecule has 0 saturated carbocycles. The number of ether oxygens (including phenoxy) is 3. The van der Waals surface area contributed by atoms with Crippen LogP contribution in [0.15, 0.2) is 54.7 Å². The van der Waals surface area contributed by atoms with Crippen LogP contribution in [0.1, 0.15) is 52.0 Å². The van der Waals surface area contributed by atoms with E-state index in [1.165, 1.54) is 31.4 Å². The summed E-state index contributed by atoms with van der Waals surface area (Å²) >= 11 is 0. The predicted octanol–water partition coefficient (Wildman–Crippen LogP) is 4.49. The Hall–Kier alpha value is -3.98. The second-order valence-corrected chi connectivity index (χ2v) is 8.19. The summed E-state index contributed by atoms with van der Waals surface area (Å²) < 4.78 is 16.1. The summed E-state index contributed by atoms with van der Waals surface area (Å²) in [6.45, 7) is 0.306. The number of pyridine rings is 1. The van der Waals surface area contributed by atoms with E-state index in [2.05, 4.69) is 4.98 Å². The first-order chi connectivity index (χ1) is 17.0. The number of fused-ring (bicyclic) bond motifs is 1. The zero-order chi connectivity index (χ0) is 24.8. The Morgan fingerprint density at radius 1 is 1.06 bits per heavy atom. The van der Waals surface area contributed by atoms with Gasteiger partial charge in [-0.15, -0.1) is 0 Å². The van der Waals surface area contributed by atoms with Crippen molar-refractivity contribution in [3.63, 3.8) is 0 Å². The Morgan fingerprint density at radius 2 is 1.83 bits per heavy atom. The van der Waals surface area contributed by atoms with Crippen molar-refractivity contribution in [3.05, 3.63) is 71.4 Å². The lowest BCUT2D eigenvalue weighted by Crippen LogP contribution is -2.41. The summed E-state index contributed by atoms with van der Waals surface area (Å²) in [5.41, 5.74) is 1.54. The average Bonchev–Trinajstić information content (AvgIpc) is 3.12. The normalized spacial score (nSPS) is 15.9. The molecular weight excluding hydrogens is 452 g/mol. The maximum absolute atomic E-state index is 13.3. The van der Waals surface area contributed by atoms with Crippen LogP contribution in [0.4, 0.5) is 4.79 Å². The molecule has 2 aromatic carbocycles. The number of hydrogen-bond donors (Lipinski definition) is 1. The second kappa shape index (κ2) is 11.0. The Bertz CT molecular complexity index is 1230. The molecule has 0 spiro atoms. The van der Waals surface area contributed by atoms with Gasteiger partial charge >= 0.3 is 12.1 Å². The van der Waals surface area contributed by atoms with Gasteiger partial charge in [0, 0.05) is 37.2 Å². The predicted molar refractivity (Wildman–Crippen MR) is 127 cm³/mol. The van der Waals surface area contributed by atoms with Crippen LogP contribution in [0.25, 0.3) is 10.9 Å². The fraction of sp³-hybridized carbons (Fsp3) is 0.308. The summed E-state index contributed by atoms with van der Waals surface area (Å²) in [5, 5.41) is 10.3. The molecule has 0 bridgehead atoms. The Balaban J connectivity index is 1.54. The zero-order valence-electron chi connectivity index (χ0n) is 19.3. The topological polar surface area (TPSA) is 115 Å². The number of hydrogen-bond acceptors (Lipinski definition) is 7. The van der Waals surface area contributed by atoms with Gasteiger partial charge in [0.15, 0.2) is 18.8 Å². The van der Waals surface area contributed by atoms with Gasteiger partial charge in [-0.05, 0) is 43.2 Å². The molecular formula is C26H26N2O7. The lowest BCUT2D eigenvalue weighted by atomic mass is 9.99. The molecule has 1 aliphatic rings. The molecule has 1 fully saturated rings. The maximum Gasteiger partial charge on any atom is 0.410 e. The number of benzene rings is 2. The quantitative estimate of drug-likeness (QED) is 0.300. The Morgan fingerprint density at radius 3 is 2.57 bits per heavy atom. The minimum Gasteiger partial charge on any atom is -0.467 e. The molecule has 1 saturated heterocycles. The summed E-state index contributed by atoms with van der Waals surface area (Å²) in [7, 11) is 1.49. The molecule has 0 radical (unpaired) electrons. The fourth-order valence-electron chi connectivity index (χ4n) is 4.04. The van der Waals surface area contributed by atoms with Gasteiger partial charge in [0.1, 0.15) is 5.75 Å². The molecule has 1 aromatic heterocycles. The molecule has 2 heterocycles. The van der Waals surface area contributed by atoms with Crippen LogP contribution < -0.4 is 4.74 Å². The van der Waals surface area contributed by atoms with Crippen LogP contribution >= 0.6 is 0 Å². The number of amides is 1. The molecule has 3 aromatic rings. The van der Waals surface area contributed by atoms with Crippen molar-refractivity contribution >= 4 is 28.7 Å². The van der Waals surface area contributed by atoms with E-state index in [-0.39, 0.29) is 18.1 Å². The lowest BCUT2D eigenvalue weighted by molar-refractivity contribution is -0.0243. The minimum atomic E-state index is -1.11. The molecule has 1 amide bonds. The van der Waals surface area contributed by atoms with Crippen LogP contribution in [0, 0.1) is 0 Å². The van der Waals surface area contributed by atoms with E-state index < -0.39 is 18.3 Å². The third-order valence-corrected chi connectivity index (χ3v) is 5.85. The third kappa shape index (κ3) is 5.58. The van der Waals surface area contributed by atoms with Gasteiger partial charge in [-0.1, -0.05) is 24.6 Å². The third-order valence-electron chi connectivity index (χ3n) is 5.85. The lowest BCUT2D eigenvalue weighted by Gasteiger charge is -2.26. The summed E-state index contributed by atoms with van der Waals surface area (Å²) in [4.78, 5) is 43.0. The molecule has 1 aliphatic heterocycles. The average molecular weight is 479 g/mol. The van der Waals surface area contributed by atoms with E-state index in [0.29, 0.717) is 35.4 Å². The molecule has 9 nitrogen and oxygen atoms in total. The molecule has 0 aliphatic carbocycles. The van der Waals surface area contributed by atoms with Crippen molar-refractivity contribution in [3.8, 4) is 5.75 Å². The number of esters is 1. The fourth-order valence-corrected chi connectivity index (χ4v) is 4.04. The number of carbonyl (C=O) groups excluding carboxylic acids is 2. The maximum atomic E-state index is 13.3. The van der Waals surface area contributed by atoms with Crippen LogP contribution in [0.5, 0.6) is 5.75 Å².